The quantitative estimate of drug-likeness (QED) is 0.559. The Labute approximate surface area is 74.4 Å². The van der Waals surface area contributed by atoms with Crippen LogP contribution in [0.2, 0.25) is 0 Å². The normalized spacial score (nSPS) is 16.9. The average molecular weight is 174 g/mol. The summed E-state index contributed by atoms with van der Waals surface area (Å²) >= 11 is 0. The zero-order valence-electron chi connectivity index (χ0n) is 8.43. The minimum absolute atomic E-state index is 0.860. The fourth-order valence-electron chi connectivity index (χ4n) is 1.52. The van der Waals surface area contributed by atoms with Gasteiger partial charge in [-0.25, -0.2) is 0 Å². The van der Waals surface area contributed by atoms with Crippen LogP contribution in [0.5, 0.6) is 0 Å². The summed E-state index contributed by atoms with van der Waals surface area (Å²) < 4.78 is 0. The highest BCUT2D eigenvalue weighted by Crippen LogP contribution is 2.23. The van der Waals surface area contributed by atoms with Gasteiger partial charge >= 0.3 is 0 Å². The van der Waals surface area contributed by atoms with Crippen molar-refractivity contribution in [2.45, 2.75) is 40.5 Å². The molecule has 0 spiro atoms. The molecule has 1 heteroatoms. The molecule has 0 aromatic heterocycles. The van der Waals surface area contributed by atoms with Gasteiger partial charge in [0, 0.05) is 0 Å². The monoisotopic (exact) mass is 174 g/mol. The van der Waals surface area contributed by atoms with E-state index in [-0.39, 0.29) is 0 Å². The number of hydrogen-bond acceptors (Lipinski definition) is 0. The minimum Gasteiger partial charge on any atom is -0.137 e. The van der Waals surface area contributed by atoms with Crippen LogP contribution in [0.3, 0.4) is 0 Å². The Morgan fingerprint density at radius 3 is 2.00 bits per heavy atom. The summed E-state index contributed by atoms with van der Waals surface area (Å²) in [5, 5.41) is 0. The average Bonchev–Trinajstić information content (AvgIpc) is 1.99. The molecule has 0 saturated heterocycles. The third-order valence-electron chi connectivity index (χ3n) is 2.57. The van der Waals surface area contributed by atoms with Crippen molar-refractivity contribution in [3.8, 4) is 0 Å². The predicted octanol–water partition coefficient (Wildman–Crippen LogP) is 3.57. The smallest absolute Gasteiger partial charge is 0.0355 e. The molecule has 0 heterocycles. The molecule has 68 valence electrons. The second-order valence-electron chi connectivity index (χ2n) is 3.99. The topological polar surface area (TPSA) is 0 Å². The summed E-state index contributed by atoms with van der Waals surface area (Å²) in [5.74, 6) is 2.68. The van der Waals surface area contributed by atoms with Crippen LogP contribution in [0.4, 0.5) is 0 Å². The van der Waals surface area contributed by atoms with Gasteiger partial charge in [-0.15, -0.1) is 9.24 Å². The molecule has 0 saturated carbocycles. The van der Waals surface area contributed by atoms with Gasteiger partial charge in [0.2, 0.25) is 0 Å². The van der Waals surface area contributed by atoms with E-state index >= 15 is 0 Å². The van der Waals surface area contributed by atoms with E-state index in [2.05, 4.69) is 36.9 Å². The largest absolute Gasteiger partial charge is 0.137 e. The molecule has 0 nitrogen and oxygen atoms in total. The molecule has 0 aromatic carbocycles. The van der Waals surface area contributed by atoms with Gasteiger partial charge in [0.1, 0.15) is 0 Å². The highest BCUT2D eigenvalue weighted by Gasteiger charge is 2.13. The third-order valence-corrected chi connectivity index (χ3v) is 3.38. The van der Waals surface area contributed by atoms with E-state index < -0.39 is 0 Å². The van der Waals surface area contributed by atoms with Crippen LogP contribution in [-0.4, -0.2) is 6.16 Å². The molecule has 0 aromatic rings. The fourth-order valence-corrected chi connectivity index (χ4v) is 1.72. The summed E-state index contributed by atoms with van der Waals surface area (Å²) in [6, 6.07) is 0. The van der Waals surface area contributed by atoms with Gasteiger partial charge in [0.05, 0.1) is 0 Å². The van der Waals surface area contributed by atoms with Crippen molar-refractivity contribution in [1.82, 2.24) is 0 Å². The van der Waals surface area contributed by atoms with Crippen molar-refractivity contribution in [1.29, 1.82) is 0 Å². The summed E-state index contributed by atoms with van der Waals surface area (Å²) in [6.45, 7) is 9.33. The molecule has 0 rings (SSSR count). The van der Waals surface area contributed by atoms with Crippen molar-refractivity contribution < 1.29 is 0 Å². The molecule has 0 aliphatic heterocycles. The first-order chi connectivity index (χ1) is 5.11. The maximum atomic E-state index is 2.84. The van der Waals surface area contributed by atoms with Gasteiger partial charge in [0.15, 0.2) is 0 Å². The lowest BCUT2D eigenvalue weighted by Gasteiger charge is -2.21. The zero-order valence-corrected chi connectivity index (χ0v) is 9.59. The highest BCUT2D eigenvalue weighted by molar-refractivity contribution is 7.16. The van der Waals surface area contributed by atoms with Crippen molar-refractivity contribution in [3.63, 3.8) is 0 Å². The molecular formula is C10H23P. The maximum Gasteiger partial charge on any atom is -0.0355 e. The van der Waals surface area contributed by atoms with Gasteiger partial charge < -0.3 is 0 Å². The lowest BCUT2D eigenvalue weighted by molar-refractivity contribution is 0.310. The molecule has 0 aliphatic rings. The Bertz CT molecular complexity index is 88.9. The number of rotatable bonds is 5. The van der Waals surface area contributed by atoms with Crippen molar-refractivity contribution in [3.05, 3.63) is 0 Å². The first-order valence-corrected chi connectivity index (χ1v) is 5.63. The molecule has 0 fully saturated rings. The SMILES string of the molecule is CCC(CC(C)CP)C(C)C. The van der Waals surface area contributed by atoms with Gasteiger partial charge in [0.25, 0.3) is 0 Å². The lowest BCUT2D eigenvalue weighted by Crippen LogP contribution is -2.12. The predicted molar refractivity (Wildman–Crippen MR) is 57.0 cm³/mol. The van der Waals surface area contributed by atoms with Crippen LogP contribution in [0.15, 0.2) is 0 Å². The maximum absolute atomic E-state index is 2.84. The molecule has 0 bridgehead atoms. The Hall–Kier alpha value is 0.430. The summed E-state index contributed by atoms with van der Waals surface area (Å²) in [4.78, 5) is 0. The van der Waals surface area contributed by atoms with Crippen molar-refractivity contribution in [2.24, 2.45) is 17.8 Å². The molecular weight excluding hydrogens is 151 g/mol. The van der Waals surface area contributed by atoms with Crippen molar-refractivity contribution in [2.75, 3.05) is 6.16 Å². The second kappa shape index (κ2) is 6.00. The molecule has 11 heavy (non-hydrogen) atoms. The van der Waals surface area contributed by atoms with E-state index in [1.807, 2.05) is 0 Å². The molecule has 0 aliphatic carbocycles. The first kappa shape index (κ1) is 11.4. The van der Waals surface area contributed by atoms with Gasteiger partial charge in [-0.2, -0.15) is 0 Å². The minimum atomic E-state index is 0.860. The molecule has 3 atom stereocenters. The fraction of sp³-hybridized carbons (Fsp3) is 1.00. The summed E-state index contributed by atoms with van der Waals surface area (Å²) in [7, 11) is 2.84. The van der Waals surface area contributed by atoms with Gasteiger partial charge in [-0.05, 0) is 30.3 Å². The number of hydrogen-bond donors (Lipinski definition) is 0. The third kappa shape index (κ3) is 4.80. The van der Waals surface area contributed by atoms with Crippen LogP contribution in [0, 0.1) is 17.8 Å². The van der Waals surface area contributed by atoms with E-state index in [0.717, 1.165) is 17.8 Å². The Balaban J connectivity index is 3.68. The van der Waals surface area contributed by atoms with E-state index in [1.54, 1.807) is 0 Å². The Morgan fingerprint density at radius 2 is 1.73 bits per heavy atom. The van der Waals surface area contributed by atoms with E-state index in [1.165, 1.54) is 19.0 Å². The standard InChI is InChI=1S/C10H23P/c1-5-10(8(2)3)6-9(4)7-11/h8-10H,5-7,11H2,1-4H3. The Kier molecular flexibility index (Phi) is 6.24. The summed E-state index contributed by atoms with van der Waals surface area (Å²) in [6.07, 6.45) is 3.99. The van der Waals surface area contributed by atoms with E-state index in [4.69, 9.17) is 0 Å². The summed E-state index contributed by atoms with van der Waals surface area (Å²) in [5.41, 5.74) is 0. The van der Waals surface area contributed by atoms with Crippen LogP contribution in [-0.2, 0) is 0 Å². The van der Waals surface area contributed by atoms with Gasteiger partial charge in [-0.3, -0.25) is 0 Å². The van der Waals surface area contributed by atoms with E-state index in [9.17, 15) is 0 Å². The van der Waals surface area contributed by atoms with Crippen LogP contribution in [0.1, 0.15) is 40.5 Å². The van der Waals surface area contributed by atoms with Crippen molar-refractivity contribution >= 4 is 9.24 Å². The molecule has 3 unspecified atom stereocenters. The van der Waals surface area contributed by atoms with E-state index in [0.29, 0.717) is 0 Å². The van der Waals surface area contributed by atoms with Gasteiger partial charge in [-0.1, -0.05) is 34.1 Å². The first-order valence-electron chi connectivity index (χ1n) is 4.81. The Morgan fingerprint density at radius 1 is 1.18 bits per heavy atom. The second-order valence-corrected chi connectivity index (χ2v) is 4.46. The lowest BCUT2D eigenvalue weighted by atomic mass is 9.86. The highest BCUT2D eigenvalue weighted by atomic mass is 31.0. The molecule has 0 N–H and O–H groups in total. The zero-order chi connectivity index (χ0) is 8.85. The van der Waals surface area contributed by atoms with Crippen LogP contribution in [0.25, 0.3) is 0 Å². The molecule has 0 radical (unpaired) electrons. The van der Waals surface area contributed by atoms with Crippen LogP contribution >= 0.6 is 9.24 Å². The molecule has 0 amide bonds. The van der Waals surface area contributed by atoms with Crippen LogP contribution < -0.4 is 0 Å².